The second-order valence-electron chi connectivity index (χ2n) is 4.49. The van der Waals surface area contributed by atoms with Crippen molar-refractivity contribution in [2.75, 3.05) is 12.0 Å². The Morgan fingerprint density at radius 2 is 1.82 bits per heavy atom. The van der Waals surface area contributed by atoms with E-state index in [4.69, 9.17) is 5.11 Å². The first-order valence-corrected chi connectivity index (χ1v) is 7.05. The molecule has 2 unspecified atom stereocenters. The molecule has 0 aliphatic heterocycles. The number of thioether (sulfide) groups is 1. The van der Waals surface area contributed by atoms with Crippen LogP contribution >= 0.6 is 11.8 Å². The molecular formula is C11H22N2O3S. The maximum atomic E-state index is 11.5. The fraction of sp³-hybridized carbons (Fsp3) is 0.818. The van der Waals surface area contributed by atoms with Crippen molar-refractivity contribution in [1.29, 1.82) is 0 Å². The molecule has 6 heteroatoms. The molecule has 0 rings (SSSR count). The fourth-order valence-corrected chi connectivity index (χ4v) is 1.99. The van der Waals surface area contributed by atoms with Crippen molar-refractivity contribution < 1.29 is 14.7 Å². The van der Waals surface area contributed by atoms with E-state index in [-0.39, 0.29) is 12.0 Å². The van der Waals surface area contributed by atoms with Crippen LogP contribution < -0.4 is 10.6 Å². The lowest BCUT2D eigenvalue weighted by Crippen LogP contribution is -2.49. The molecule has 0 bridgehead atoms. The second-order valence-corrected chi connectivity index (χ2v) is 5.41. The van der Waals surface area contributed by atoms with Gasteiger partial charge >= 0.3 is 12.0 Å². The first kappa shape index (κ1) is 16.1. The van der Waals surface area contributed by atoms with Gasteiger partial charge in [0.2, 0.25) is 0 Å². The van der Waals surface area contributed by atoms with Crippen molar-refractivity contribution in [3.05, 3.63) is 0 Å². The number of aliphatic carboxylic acids is 1. The Hall–Kier alpha value is -0.910. The van der Waals surface area contributed by atoms with Gasteiger partial charge in [0, 0.05) is 11.8 Å². The van der Waals surface area contributed by atoms with E-state index < -0.39 is 18.0 Å². The molecule has 5 nitrogen and oxygen atoms in total. The molecule has 0 saturated carbocycles. The molecule has 0 aliphatic carbocycles. The Bertz CT molecular complexity index is 259. The van der Waals surface area contributed by atoms with Gasteiger partial charge in [-0.25, -0.2) is 9.59 Å². The van der Waals surface area contributed by atoms with Crippen LogP contribution in [0.25, 0.3) is 0 Å². The first-order chi connectivity index (χ1) is 7.86. The summed E-state index contributed by atoms with van der Waals surface area (Å²) in [6.45, 7) is 5.73. The zero-order valence-electron chi connectivity index (χ0n) is 10.8. The van der Waals surface area contributed by atoms with Crippen LogP contribution in [0.5, 0.6) is 0 Å². The van der Waals surface area contributed by atoms with Crippen molar-refractivity contribution in [3.8, 4) is 0 Å². The Balaban J connectivity index is 4.17. The zero-order chi connectivity index (χ0) is 13.4. The average molecular weight is 262 g/mol. The third kappa shape index (κ3) is 7.90. The van der Waals surface area contributed by atoms with E-state index >= 15 is 0 Å². The first-order valence-electron chi connectivity index (χ1n) is 5.65. The van der Waals surface area contributed by atoms with Crippen LogP contribution in [0, 0.1) is 5.92 Å². The molecule has 2 atom stereocenters. The van der Waals surface area contributed by atoms with Crippen molar-refractivity contribution in [1.82, 2.24) is 10.6 Å². The van der Waals surface area contributed by atoms with Gasteiger partial charge in [0.1, 0.15) is 6.04 Å². The highest BCUT2D eigenvalue weighted by Crippen LogP contribution is 2.05. The average Bonchev–Trinajstić information content (AvgIpc) is 2.15. The van der Waals surface area contributed by atoms with Gasteiger partial charge in [0.15, 0.2) is 0 Å². The van der Waals surface area contributed by atoms with Gasteiger partial charge in [-0.3, -0.25) is 0 Å². The number of hydrogen-bond donors (Lipinski definition) is 3. The summed E-state index contributed by atoms with van der Waals surface area (Å²) in [5.41, 5.74) is 0. The summed E-state index contributed by atoms with van der Waals surface area (Å²) in [7, 11) is 0. The molecule has 17 heavy (non-hydrogen) atoms. The minimum absolute atomic E-state index is 0.0264. The van der Waals surface area contributed by atoms with Crippen molar-refractivity contribution >= 4 is 23.8 Å². The van der Waals surface area contributed by atoms with Crippen molar-refractivity contribution in [2.24, 2.45) is 5.92 Å². The van der Waals surface area contributed by atoms with Gasteiger partial charge in [-0.05, 0) is 25.5 Å². The number of rotatable bonds is 7. The van der Waals surface area contributed by atoms with Gasteiger partial charge in [-0.15, -0.1) is 0 Å². The maximum Gasteiger partial charge on any atom is 0.326 e. The third-order valence-corrected chi connectivity index (χ3v) is 2.94. The number of amides is 2. The molecule has 0 saturated heterocycles. The number of nitrogens with one attached hydrogen (secondary N) is 2. The van der Waals surface area contributed by atoms with E-state index in [9.17, 15) is 9.59 Å². The molecular weight excluding hydrogens is 240 g/mol. The standard InChI is InChI=1S/C11H22N2O3S/c1-7(2)5-9(10(14)15)13-11(16)12-8(3)6-17-4/h7-9H,5-6H2,1-4H3,(H,14,15)(H2,12,13,16). The molecule has 100 valence electrons. The van der Waals surface area contributed by atoms with E-state index in [0.29, 0.717) is 6.42 Å². The Labute approximate surface area is 107 Å². The molecule has 0 aromatic carbocycles. The topological polar surface area (TPSA) is 78.4 Å². The highest BCUT2D eigenvalue weighted by Gasteiger charge is 2.21. The van der Waals surface area contributed by atoms with Crippen LogP contribution in [-0.2, 0) is 4.79 Å². The number of carbonyl (C=O) groups is 2. The summed E-state index contributed by atoms with van der Waals surface area (Å²) in [6.07, 6.45) is 2.38. The summed E-state index contributed by atoms with van der Waals surface area (Å²) < 4.78 is 0. The van der Waals surface area contributed by atoms with Crippen LogP contribution in [-0.4, -0.2) is 41.2 Å². The largest absolute Gasteiger partial charge is 0.480 e. The molecule has 2 amide bonds. The highest BCUT2D eigenvalue weighted by molar-refractivity contribution is 7.98. The lowest BCUT2D eigenvalue weighted by atomic mass is 10.0. The predicted octanol–water partition coefficient (Wildman–Crippen LogP) is 1.54. The number of urea groups is 1. The molecule has 0 heterocycles. The zero-order valence-corrected chi connectivity index (χ0v) is 11.6. The Kier molecular flexibility index (Phi) is 7.78. The van der Waals surface area contributed by atoms with Crippen LogP contribution in [0.15, 0.2) is 0 Å². The Morgan fingerprint density at radius 3 is 2.24 bits per heavy atom. The van der Waals surface area contributed by atoms with Crippen molar-refractivity contribution in [2.45, 2.75) is 39.3 Å². The van der Waals surface area contributed by atoms with E-state index in [1.165, 1.54) is 0 Å². The number of carboxylic acid groups (broad SMARTS) is 1. The Morgan fingerprint density at radius 1 is 1.24 bits per heavy atom. The van der Waals surface area contributed by atoms with E-state index in [0.717, 1.165) is 5.75 Å². The van der Waals surface area contributed by atoms with Gasteiger partial charge in [0.05, 0.1) is 0 Å². The summed E-state index contributed by atoms with van der Waals surface area (Å²) in [5, 5.41) is 14.1. The molecule has 0 aromatic heterocycles. The highest BCUT2D eigenvalue weighted by atomic mass is 32.2. The van der Waals surface area contributed by atoms with E-state index in [2.05, 4.69) is 10.6 Å². The summed E-state index contributed by atoms with van der Waals surface area (Å²) >= 11 is 1.63. The van der Waals surface area contributed by atoms with Gasteiger partial charge in [-0.2, -0.15) is 11.8 Å². The third-order valence-electron chi connectivity index (χ3n) is 2.10. The molecule has 0 spiro atoms. The quantitative estimate of drug-likeness (QED) is 0.650. The monoisotopic (exact) mass is 262 g/mol. The SMILES string of the molecule is CSCC(C)NC(=O)NC(CC(C)C)C(=O)O. The minimum atomic E-state index is -0.994. The molecule has 0 aromatic rings. The van der Waals surface area contributed by atoms with Gasteiger partial charge in [0.25, 0.3) is 0 Å². The predicted molar refractivity (Wildman–Crippen MR) is 70.4 cm³/mol. The summed E-state index contributed by atoms with van der Waals surface area (Å²) in [5.74, 6) is 0.0291. The normalized spacial score (nSPS) is 14.2. The summed E-state index contributed by atoms with van der Waals surface area (Å²) in [4.78, 5) is 22.5. The molecule has 0 radical (unpaired) electrons. The van der Waals surface area contributed by atoms with Gasteiger partial charge in [-0.1, -0.05) is 13.8 Å². The molecule has 0 aliphatic rings. The van der Waals surface area contributed by atoms with Crippen LogP contribution in [0.1, 0.15) is 27.2 Å². The lowest BCUT2D eigenvalue weighted by Gasteiger charge is -2.19. The van der Waals surface area contributed by atoms with E-state index in [1.807, 2.05) is 27.0 Å². The molecule has 3 N–H and O–H groups in total. The summed E-state index contributed by atoms with van der Waals surface area (Å²) in [6, 6.07) is -1.21. The maximum absolute atomic E-state index is 11.5. The number of carboxylic acids is 1. The fourth-order valence-electron chi connectivity index (χ4n) is 1.41. The van der Waals surface area contributed by atoms with Crippen LogP contribution in [0.2, 0.25) is 0 Å². The van der Waals surface area contributed by atoms with Crippen molar-refractivity contribution in [3.63, 3.8) is 0 Å². The number of hydrogen-bond acceptors (Lipinski definition) is 3. The lowest BCUT2D eigenvalue weighted by molar-refractivity contribution is -0.139. The second kappa shape index (κ2) is 8.22. The minimum Gasteiger partial charge on any atom is -0.480 e. The van der Waals surface area contributed by atoms with Crippen LogP contribution in [0.4, 0.5) is 4.79 Å². The molecule has 0 fully saturated rings. The van der Waals surface area contributed by atoms with E-state index in [1.54, 1.807) is 11.8 Å². The van der Waals surface area contributed by atoms with Crippen LogP contribution in [0.3, 0.4) is 0 Å². The number of carbonyl (C=O) groups excluding carboxylic acids is 1. The van der Waals surface area contributed by atoms with Gasteiger partial charge < -0.3 is 15.7 Å². The smallest absolute Gasteiger partial charge is 0.326 e.